The van der Waals surface area contributed by atoms with Crippen LogP contribution in [0, 0.1) is 0 Å². The molecule has 58 valence electrons. The number of nitrogens with one attached hydrogen (secondary N) is 1. The summed E-state index contributed by atoms with van der Waals surface area (Å²) in [5.74, 6) is 0. The molecule has 1 heterocycles. The van der Waals surface area contributed by atoms with E-state index in [0.29, 0.717) is 0 Å². The van der Waals surface area contributed by atoms with Crippen molar-refractivity contribution in [2.75, 3.05) is 5.43 Å². The van der Waals surface area contributed by atoms with Gasteiger partial charge in [0.1, 0.15) is 0 Å². The van der Waals surface area contributed by atoms with Crippen LogP contribution in [0.15, 0.2) is 27.6 Å². The minimum atomic E-state index is 1.12. The van der Waals surface area contributed by atoms with E-state index in [-0.39, 0.29) is 0 Å². The molecule has 1 aromatic carbocycles. The third-order valence-corrected chi connectivity index (χ3v) is 3.76. The summed E-state index contributed by atoms with van der Waals surface area (Å²) in [6.07, 6.45) is 0. The minimum Gasteiger partial charge on any atom is -0.298 e. The van der Waals surface area contributed by atoms with E-state index < -0.39 is 0 Å². The van der Waals surface area contributed by atoms with Gasteiger partial charge in [0.15, 0.2) is 0 Å². The van der Waals surface area contributed by atoms with E-state index in [2.05, 4.69) is 37.5 Å². The zero-order valence-corrected chi connectivity index (χ0v) is 9.33. The summed E-state index contributed by atoms with van der Waals surface area (Å²) in [5.41, 5.74) is 4.25. The predicted octanol–water partition coefficient (Wildman–Crippen LogP) is 3.41. The van der Waals surface area contributed by atoms with Gasteiger partial charge in [-0.2, -0.15) is 0 Å². The Morgan fingerprint density at radius 1 is 1.45 bits per heavy atom. The van der Waals surface area contributed by atoms with Crippen molar-refractivity contribution in [3.05, 3.63) is 22.7 Å². The molecular formula is C6H4Br2N2S. The number of hydrogen-bond acceptors (Lipinski definition) is 3. The fourth-order valence-electron chi connectivity index (χ4n) is 0.887. The SMILES string of the molecule is Brc1cccc2c1SN(Br)N2. The molecule has 0 atom stereocenters. The van der Waals surface area contributed by atoms with Gasteiger partial charge in [-0.25, -0.2) is 0 Å². The molecule has 1 aromatic rings. The molecule has 0 saturated heterocycles. The number of benzene rings is 1. The summed E-state index contributed by atoms with van der Waals surface area (Å²) < 4.78 is 2.91. The molecule has 5 heteroatoms. The van der Waals surface area contributed by atoms with Crippen LogP contribution >= 0.6 is 44.0 Å². The molecule has 2 rings (SSSR count). The number of anilines is 1. The highest BCUT2D eigenvalue weighted by molar-refractivity contribution is 9.10. The fourth-order valence-corrected chi connectivity index (χ4v) is 2.77. The highest BCUT2D eigenvalue weighted by atomic mass is 79.9. The second kappa shape index (κ2) is 2.97. The van der Waals surface area contributed by atoms with Gasteiger partial charge in [0, 0.05) is 20.6 Å². The van der Waals surface area contributed by atoms with Crippen LogP contribution in [0.1, 0.15) is 0 Å². The molecular weight excluding hydrogens is 292 g/mol. The molecule has 0 aliphatic carbocycles. The lowest BCUT2D eigenvalue weighted by Crippen LogP contribution is -2.02. The largest absolute Gasteiger partial charge is 0.298 e. The topological polar surface area (TPSA) is 15.3 Å². The third-order valence-electron chi connectivity index (χ3n) is 1.35. The van der Waals surface area contributed by atoms with E-state index in [1.807, 2.05) is 18.2 Å². The molecule has 0 amide bonds. The summed E-state index contributed by atoms with van der Waals surface area (Å²) in [6.45, 7) is 0. The lowest BCUT2D eigenvalue weighted by atomic mass is 10.3. The van der Waals surface area contributed by atoms with Crippen LogP contribution in [-0.2, 0) is 0 Å². The van der Waals surface area contributed by atoms with Gasteiger partial charge >= 0.3 is 0 Å². The third kappa shape index (κ3) is 1.42. The second-order valence-corrected chi connectivity index (χ2v) is 5.05. The van der Waals surface area contributed by atoms with Gasteiger partial charge in [-0.05, 0) is 40.0 Å². The molecule has 0 saturated carbocycles. The molecule has 2 nitrogen and oxygen atoms in total. The van der Waals surface area contributed by atoms with Crippen LogP contribution in [0.2, 0.25) is 0 Å². The zero-order valence-electron chi connectivity index (χ0n) is 5.34. The standard InChI is InChI=1S/C6H4Br2N2S/c7-4-2-1-3-5-6(4)11-10(8)9-5/h1-3,9H. The van der Waals surface area contributed by atoms with Crippen LogP contribution in [0.5, 0.6) is 0 Å². The lowest BCUT2D eigenvalue weighted by Gasteiger charge is -2.00. The maximum absolute atomic E-state index is 3.47. The molecule has 0 unspecified atom stereocenters. The predicted molar refractivity (Wildman–Crippen MR) is 54.4 cm³/mol. The summed E-state index contributed by atoms with van der Waals surface area (Å²) in [7, 11) is 0. The maximum Gasteiger partial charge on any atom is 0.0669 e. The Labute approximate surface area is 85.9 Å². The number of halogens is 2. The van der Waals surface area contributed by atoms with Crippen LogP contribution < -0.4 is 5.43 Å². The molecule has 0 radical (unpaired) electrons. The highest BCUT2D eigenvalue weighted by Gasteiger charge is 2.18. The van der Waals surface area contributed by atoms with Gasteiger partial charge in [0.05, 0.1) is 10.6 Å². The number of hydrazine groups is 1. The van der Waals surface area contributed by atoms with Gasteiger partial charge in [0.25, 0.3) is 0 Å². The van der Waals surface area contributed by atoms with Crippen molar-refractivity contribution in [3.63, 3.8) is 0 Å². The Morgan fingerprint density at radius 2 is 2.27 bits per heavy atom. The average molecular weight is 296 g/mol. The summed E-state index contributed by atoms with van der Waals surface area (Å²) in [4.78, 5) is 1.21. The normalized spacial score (nSPS) is 16.2. The van der Waals surface area contributed by atoms with E-state index in [1.165, 1.54) is 4.90 Å². The first kappa shape index (κ1) is 7.91. The smallest absolute Gasteiger partial charge is 0.0669 e. The first-order valence-corrected chi connectivity index (χ1v) is 5.24. The van der Waals surface area contributed by atoms with Gasteiger partial charge in [0.2, 0.25) is 0 Å². The lowest BCUT2D eigenvalue weighted by molar-refractivity contribution is 0.965. The fraction of sp³-hybridized carbons (Fsp3) is 0. The summed E-state index contributed by atoms with van der Waals surface area (Å²) >= 11 is 8.39. The van der Waals surface area contributed by atoms with Crippen molar-refractivity contribution in [3.8, 4) is 0 Å². The van der Waals surface area contributed by atoms with Crippen LogP contribution in [0.3, 0.4) is 0 Å². The Hall–Kier alpha value is 0.290. The molecule has 0 bridgehead atoms. The van der Waals surface area contributed by atoms with Gasteiger partial charge in [-0.3, -0.25) is 5.43 Å². The zero-order chi connectivity index (χ0) is 7.84. The van der Waals surface area contributed by atoms with Gasteiger partial charge in [-0.1, -0.05) is 9.51 Å². The Morgan fingerprint density at radius 3 is 3.00 bits per heavy atom. The van der Waals surface area contributed by atoms with Crippen LogP contribution in [-0.4, -0.2) is 3.44 Å². The quantitative estimate of drug-likeness (QED) is 0.583. The molecule has 11 heavy (non-hydrogen) atoms. The van der Waals surface area contributed by atoms with Gasteiger partial charge in [-0.15, -0.1) is 0 Å². The average Bonchev–Trinajstić information content (AvgIpc) is 2.31. The highest BCUT2D eigenvalue weighted by Crippen LogP contribution is 2.43. The Bertz CT molecular complexity index is 292. The molecule has 0 aromatic heterocycles. The monoisotopic (exact) mass is 294 g/mol. The molecule has 1 aliphatic heterocycles. The second-order valence-electron chi connectivity index (χ2n) is 2.06. The van der Waals surface area contributed by atoms with Crippen molar-refractivity contribution in [2.45, 2.75) is 4.90 Å². The van der Waals surface area contributed by atoms with Crippen molar-refractivity contribution in [1.82, 2.24) is 3.44 Å². The molecule has 0 fully saturated rings. The minimum absolute atomic E-state index is 1.12. The van der Waals surface area contributed by atoms with Crippen molar-refractivity contribution in [1.29, 1.82) is 0 Å². The number of fused-ring (bicyclic) bond motifs is 1. The van der Waals surface area contributed by atoms with Crippen LogP contribution in [0.4, 0.5) is 5.69 Å². The van der Waals surface area contributed by atoms with E-state index in [1.54, 1.807) is 15.4 Å². The van der Waals surface area contributed by atoms with Crippen molar-refractivity contribution in [2.24, 2.45) is 0 Å². The van der Waals surface area contributed by atoms with Crippen molar-refractivity contribution < 1.29 is 0 Å². The summed E-state index contributed by atoms with van der Waals surface area (Å²) in [5, 5.41) is 0. The molecule has 1 N–H and O–H groups in total. The first-order valence-electron chi connectivity index (χ1n) is 2.96. The Kier molecular flexibility index (Phi) is 2.14. The van der Waals surface area contributed by atoms with E-state index >= 15 is 0 Å². The Balaban J connectivity index is 2.49. The number of nitrogens with zero attached hydrogens (tertiary/aromatic N) is 1. The maximum atomic E-state index is 3.47. The van der Waals surface area contributed by atoms with E-state index in [9.17, 15) is 0 Å². The van der Waals surface area contributed by atoms with E-state index in [0.717, 1.165) is 10.2 Å². The van der Waals surface area contributed by atoms with Crippen molar-refractivity contribution >= 4 is 49.7 Å². The number of hydrogen-bond donors (Lipinski definition) is 1. The van der Waals surface area contributed by atoms with E-state index in [4.69, 9.17) is 0 Å². The summed E-state index contributed by atoms with van der Waals surface area (Å²) in [6, 6.07) is 6.07. The molecule has 0 spiro atoms. The first-order chi connectivity index (χ1) is 5.27. The van der Waals surface area contributed by atoms with Crippen LogP contribution in [0.25, 0.3) is 0 Å². The van der Waals surface area contributed by atoms with Gasteiger partial charge < -0.3 is 0 Å². The molecule has 1 aliphatic rings. The number of rotatable bonds is 0.